The Morgan fingerprint density at radius 1 is 1.27 bits per heavy atom. The Balaban J connectivity index is 0. The van der Waals surface area contributed by atoms with Gasteiger partial charge in [-0.3, -0.25) is 0 Å². The molecule has 0 fully saturated rings. The van der Waals surface area contributed by atoms with Crippen LogP contribution in [0, 0.1) is 51.3 Å². The molecule has 0 N–H and O–H groups in total. The van der Waals surface area contributed by atoms with Crippen LogP contribution in [0.25, 0.3) is 0 Å². The molecule has 0 spiro atoms. The van der Waals surface area contributed by atoms with Gasteiger partial charge in [0.25, 0.3) is 0 Å². The first kappa shape index (κ1) is 17.6. The van der Waals surface area contributed by atoms with E-state index in [4.69, 9.17) is 0 Å². The summed E-state index contributed by atoms with van der Waals surface area (Å²) in [5, 5.41) is 0. The number of unbranched alkanes of at least 4 members (excludes halogenated alkanes) is 1. The quantitative estimate of drug-likeness (QED) is 0.632. The molecule has 0 aromatic heterocycles. The van der Waals surface area contributed by atoms with Crippen molar-refractivity contribution in [3.8, 4) is 0 Å². The van der Waals surface area contributed by atoms with E-state index in [1.165, 1.54) is 24.5 Å². The van der Waals surface area contributed by atoms with E-state index in [-0.39, 0.29) is 44.4 Å². The third kappa shape index (κ3) is 5.73. The molecular weight excluding hydrogens is 413 g/mol. The molecule has 0 aliphatic carbocycles. The number of hydrogen-bond acceptors (Lipinski definition) is 0. The summed E-state index contributed by atoms with van der Waals surface area (Å²) >= 11 is 0. The van der Waals surface area contributed by atoms with Crippen LogP contribution in [0.3, 0.4) is 0 Å². The Labute approximate surface area is 117 Å². The van der Waals surface area contributed by atoms with Gasteiger partial charge in [0.1, 0.15) is 5.82 Å². The standard InChI is InChI=1S/C12H16F.CH3.U/c1-3-5-6-11-7-8-12(13)9-10(11)4-2;;/h7-9H,2-6H2,1H3;1H3;/q2*-1;+2. The Morgan fingerprint density at radius 3 is 2.47 bits per heavy atom. The summed E-state index contributed by atoms with van der Waals surface area (Å²) in [6.07, 6.45) is 4.06. The maximum Gasteiger partial charge on any atom is 2.00 e. The third-order valence-corrected chi connectivity index (χ3v) is 2.24. The Kier molecular flexibility index (Phi) is 11.1. The first-order chi connectivity index (χ1) is 6.27. The number of hydrogen-bond donors (Lipinski definition) is 0. The predicted octanol–water partition coefficient (Wildman–Crippen LogP) is 4.00. The van der Waals surface area contributed by atoms with Crippen LogP contribution < -0.4 is 0 Å². The molecule has 0 amide bonds. The topological polar surface area (TPSA) is 0 Å². The normalized spacial score (nSPS) is 9.00. The zero-order valence-corrected chi connectivity index (χ0v) is 13.8. The van der Waals surface area contributed by atoms with Crippen molar-refractivity contribution in [2.45, 2.75) is 32.6 Å². The van der Waals surface area contributed by atoms with Gasteiger partial charge in [-0.05, 0) is 30.5 Å². The largest absolute Gasteiger partial charge is 2.00 e. The second kappa shape index (κ2) is 9.43. The average Bonchev–Trinajstić information content (AvgIpc) is 2.16. The molecule has 0 atom stereocenters. The third-order valence-electron chi connectivity index (χ3n) is 2.24. The molecule has 0 saturated carbocycles. The maximum atomic E-state index is 12.8. The van der Waals surface area contributed by atoms with Crippen molar-refractivity contribution in [3.63, 3.8) is 0 Å². The van der Waals surface area contributed by atoms with Gasteiger partial charge >= 0.3 is 31.1 Å². The molecule has 0 saturated heterocycles. The monoisotopic (exact) mass is 432 g/mol. The van der Waals surface area contributed by atoms with Gasteiger partial charge < -0.3 is 14.4 Å². The Morgan fingerprint density at radius 2 is 1.93 bits per heavy atom. The van der Waals surface area contributed by atoms with Crippen molar-refractivity contribution in [3.05, 3.63) is 49.5 Å². The van der Waals surface area contributed by atoms with Gasteiger partial charge in [0.05, 0.1) is 0 Å². The van der Waals surface area contributed by atoms with Crippen LogP contribution in [0.1, 0.15) is 30.9 Å². The molecule has 0 heterocycles. The maximum absolute atomic E-state index is 12.8. The van der Waals surface area contributed by atoms with Gasteiger partial charge in [0, 0.05) is 0 Å². The van der Waals surface area contributed by atoms with E-state index in [1.54, 1.807) is 6.07 Å². The number of benzene rings is 1. The van der Waals surface area contributed by atoms with Gasteiger partial charge in [-0.2, -0.15) is 6.42 Å². The van der Waals surface area contributed by atoms with Crippen molar-refractivity contribution < 1.29 is 35.5 Å². The van der Waals surface area contributed by atoms with Crippen molar-refractivity contribution in [1.29, 1.82) is 0 Å². The summed E-state index contributed by atoms with van der Waals surface area (Å²) in [6, 6.07) is 5.01. The minimum absolute atomic E-state index is 0. The van der Waals surface area contributed by atoms with Crippen LogP contribution in [-0.2, 0) is 12.8 Å². The molecule has 1 rings (SSSR count). The fraction of sp³-hybridized carbons (Fsp3) is 0.385. The smallest absolute Gasteiger partial charge is 0.358 e. The molecule has 82 valence electrons. The van der Waals surface area contributed by atoms with E-state index < -0.39 is 0 Å². The molecule has 0 aliphatic heterocycles. The van der Waals surface area contributed by atoms with Crippen molar-refractivity contribution >= 4 is 0 Å². The van der Waals surface area contributed by atoms with E-state index in [2.05, 4.69) is 13.8 Å². The van der Waals surface area contributed by atoms with Crippen molar-refractivity contribution in [1.82, 2.24) is 0 Å². The first-order valence-corrected chi connectivity index (χ1v) is 4.84. The molecule has 0 unspecified atom stereocenters. The van der Waals surface area contributed by atoms with Gasteiger partial charge in [-0.1, -0.05) is 25.0 Å². The minimum Gasteiger partial charge on any atom is -0.358 e. The second-order valence-electron chi connectivity index (χ2n) is 3.27. The van der Waals surface area contributed by atoms with E-state index in [9.17, 15) is 4.39 Å². The molecule has 0 bridgehead atoms. The average molecular weight is 432 g/mol. The summed E-state index contributed by atoms with van der Waals surface area (Å²) in [4.78, 5) is 0. The van der Waals surface area contributed by atoms with E-state index in [0.29, 0.717) is 6.42 Å². The molecule has 15 heavy (non-hydrogen) atoms. The zero-order valence-electron chi connectivity index (χ0n) is 9.65. The van der Waals surface area contributed by atoms with Crippen molar-refractivity contribution in [2.24, 2.45) is 0 Å². The molecular formula is C13H19FU. The predicted molar refractivity (Wildman–Crippen MR) is 60.5 cm³/mol. The summed E-state index contributed by atoms with van der Waals surface area (Å²) in [5.41, 5.74) is 2.30. The van der Waals surface area contributed by atoms with Crippen LogP contribution in [0.5, 0.6) is 0 Å². The Hall–Kier alpha value is 0.202. The number of halogens is 1. The SMILES string of the molecule is [CH2-]Cc1cc(F)ccc1CCCC.[CH3-].[U+2]. The number of rotatable bonds is 4. The Bertz CT molecular complexity index is 271. The summed E-state index contributed by atoms with van der Waals surface area (Å²) in [7, 11) is 0. The molecule has 2 heteroatoms. The van der Waals surface area contributed by atoms with Gasteiger partial charge in [0.2, 0.25) is 0 Å². The molecule has 0 aliphatic rings. The van der Waals surface area contributed by atoms with E-state index in [1.807, 2.05) is 6.07 Å². The van der Waals surface area contributed by atoms with Crippen LogP contribution in [0.4, 0.5) is 4.39 Å². The molecule has 1 aromatic rings. The van der Waals surface area contributed by atoms with Gasteiger partial charge in [0.15, 0.2) is 0 Å². The summed E-state index contributed by atoms with van der Waals surface area (Å²) in [6.45, 7) is 5.96. The zero-order chi connectivity index (χ0) is 9.68. The first-order valence-electron chi connectivity index (χ1n) is 4.84. The summed E-state index contributed by atoms with van der Waals surface area (Å²) in [5.74, 6) is -0.154. The molecule has 0 nitrogen and oxygen atoms in total. The molecule has 1 aromatic carbocycles. The van der Waals surface area contributed by atoms with Crippen LogP contribution in [-0.4, -0.2) is 0 Å². The van der Waals surface area contributed by atoms with Crippen LogP contribution in [0.15, 0.2) is 18.2 Å². The van der Waals surface area contributed by atoms with E-state index in [0.717, 1.165) is 12.0 Å². The summed E-state index contributed by atoms with van der Waals surface area (Å²) < 4.78 is 12.8. The van der Waals surface area contributed by atoms with E-state index >= 15 is 0 Å². The van der Waals surface area contributed by atoms with Crippen LogP contribution >= 0.6 is 0 Å². The van der Waals surface area contributed by atoms with Crippen molar-refractivity contribution in [2.75, 3.05) is 0 Å². The second-order valence-corrected chi connectivity index (χ2v) is 3.27. The molecule has 0 radical (unpaired) electrons. The van der Waals surface area contributed by atoms with Crippen LogP contribution in [0.2, 0.25) is 0 Å². The van der Waals surface area contributed by atoms with Gasteiger partial charge in [-0.25, -0.2) is 4.39 Å². The number of aryl methyl sites for hydroxylation is 1. The van der Waals surface area contributed by atoms with Gasteiger partial charge in [-0.15, -0.1) is 0 Å². The minimum atomic E-state index is -0.154. The fourth-order valence-corrected chi connectivity index (χ4v) is 1.44. The fourth-order valence-electron chi connectivity index (χ4n) is 1.44.